The summed E-state index contributed by atoms with van der Waals surface area (Å²) in [5.41, 5.74) is 2.31. The van der Waals surface area contributed by atoms with Crippen LogP contribution in [0.25, 0.3) is 21.9 Å². The monoisotopic (exact) mass is 398 g/mol. The van der Waals surface area contributed by atoms with Gasteiger partial charge in [-0.05, 0) is 37.5 Å². The molecule has 150 valence electrons. The van der Waals surface area contributed by atoms with E-state index in [1.807, 2.05) is 0 Å². The Hall–Kier alpha value is -2.63. The smallest absolute Gasteiger partial charge is 0.291 e. The Morgan fingerprint density at radius 2 is 2.14 bits per heavy atom. The molecule has 8 heteroatoms. The van der Waals surface area contributed by atoms with Gasteiger partial charge in [-0.25, -0.2) is 13.8 Å². The number of imidazole rings is 1. The zero-order valence-corrected chi connectivity index (χ0v) is 15.9. The van der Waals surface area contributed by atoms with E-state index < -0.39 is 18.6 Å². The molecule has 1 unspecified atom stereocenters. The standard InChI is InChI=1S/C21H20F2N4O2/c1-28-14-7-13(8-14)20-26-17-10-25-16-3-2-12(9-24)6-15(16)19(17)27(20)18-4-5-29-11-21(18,22)23/h2-3,6,10,13-14,18H,4-5,7-8,11H2,1H3. The van der Waals surface area contributed by atoms with E-state index in [1.54, 1.807) is 36.1 Å². The molecule has 2 aliphatic rings. The first-order chi connectivity index (χ1) is 14.0. The molecule has 0 bridgehead atoms. The van der Waals surface area contributed by atoms with Crippen molar-refractivity contribution in [1.29, 1.82) is 5.26 Å². The van der Waals surface area contributed by atoms with Crippen molar-refractivity contribution in [3.05, 3.63) is 35.8 Å². The lowest BCUT2D eigenvalue weighted by Crippen LogP contribution is -2.42. The highest BCUT2D eigenvalue weighted by atomic mass is 19.3. The van der Waals surface area contributed by atoms with Gasteiger partial charge in [0.2, 0.25) is 0 Å². The Morgan fingerprint density at radius 1 is 1.31 bits per heavy atom. The lowest BCUT2D eigenvalue weighted by Gasteiger charge is -2.38. The molecule has 1 aromatic carbocycles. The van der Waals surface area contributed by atoms with Crippen molar-refractivity contribution in [2.75, 3.05) is 20.3 Å². The lowest BCUT2D eigenvalue weighted by atomic mass is 9.81. The van der Waals surface area contributed by atoms with Crippen molar-refractivity contribution >= 4 is 21.9 Å². The molecule has 1 aliphatic carbocycles. The van der Waals surface area contributed by atoms with E-state index in [4.69, 9.17) is 14.5 Å². The molecule has 29 heavy (non-hydrogen) atoms. The number of pyridine rings is 1. The molecule has 3 aromatic rings. The minimum Gasteiger partial charge on any atom is -0.381 e. The second kappa shape index (κ2) is 6.71. The fraction of sp³-hybridized carbons (Fsp3) is 0.476. The zero-order valence-electron chi connectivity index (χ0n) is 15.9. The molecule has 2 fully saturated rings. The van der Waals surface area contributed by atoms with Crippen LogP contribution in [0.15, 0.2) is 24.4 Å². The number of benzene rings is 1. The fourth-order valence-electron chi connectivity index (χ4n) is 4.47. The van der Waals surface area contributed by atoms with Crippen LogP contribution >= 0.6 is 0 Å². The molecule has 6 nitrogen and oxygen atoms in total. The van der Waals surface area contributed by atoms with E-state index >= 15 is 0 Å². The van der Waals surface area contributed by atoms with Gasteiger partial charge in [0, 0.05) is 25.0 Å². The van der Waals surface area contributed by atoms with Crippen LogP contribution in [0.2, 0.25) is 0 Å². The minimum atomic E-state index is -3.01. The van der Waals surface area contributed by atoms with E-state index in [0.717, 1.165) is 12.8 Å². The summed E-state index contributed by atoms with van der Waals surface area (Å²) in [4.78, 5) is 9.17. The predicted molar refractivity (Wildman–Crippen MR) is 102 cm³/mol. The van der Waals surface area contributed by atoms with E-state index in [2.05, 4.69) is 11.1 Å². The Labute approximate surface area is 166 Å². The van der Waals surface area contributed by atoms with Gasteiger partial charge >= 0.3 is 0 Å². The molecular weight excluding hydrogens is 378 g/mol. The van der Waals surface area contributed by atoms with Crippen LogP contribution in [-0.4, -0.2) is 46.9 Å². The van der Waals surface area contributed by atoms with Crippen LogP contribution < -0.4 is 0 Å². The van der Waals surface area contributed by atoms with Gasteiger partial charge in [-0.1, -0.05) is 0 Å². The maximum atomic E-state index is 14.9. The maximum absolute atomic E-state index is 14.9. The summed E-state index contributed by atoms with van der Waals surface area (Å²) in [6, 6.07) is 6.21. The summed E-state index contributed by atoms with van der Waals surface area (Å²) < 4.78 is 42.1. The normalized spacial score (nSPS) is 26.3. The summed E-state index contributed by atoms with van der Waals surface area (Å²) in [6.45, 7) is -0.328. The van der Waals surface area contributed by atoms with Gasteiger partial charge in [0.25, 0.3) is 5.92 Å². The molecule has 0 N–H and O–H groups in total. The average molecular weight is 398 g/mol. The van der Waals surface area contributed by atoms with Gasteiger partial charge in [-0.15, -0.1) is 0 Å². The quantitative estimate of drug-likeness (QED) is 0.668. The first-order valence-electron chi connectivity index (χ1n) is 9.71. The Balaban J connectivity index is 1.78. The first-order valence-corrected chi connectivity index (χ1v) is 9.71. The Bertz CT molecular complexity index is 1130. The van der Waals surface area contributed by atoms with Crippen LogP contribution in [-0.2, 0) is 9.47 Å². The van der Waals surface area contributed by atoms with E-state index in [1.165, 1.54) is 0 Å². The number of methoxy groups -OCH3 is 1. The molecule has 3 heterocycles. The van der Waals surface area contributed by atoms with Crippen LogP contribution in [0.4, 0.5) is 8.78 Å². The molecule has 1 atom stereocenters. The minimum absolute atomic E-state index is 0.0557. The number of fused-ring (bicyclic) bond motifs is 3. The SMILES string of the molecule is COC1CC(c2nc3cnc4ccc(C#N)cc4c3n2C2CCOCC2(F)F)C1. The third-order valence-corrected chi connectivity index (χ3v) is 6.09. The van der Waals surface area contributed by atoms with Crippen molar-refractivity contribution in [1.82, 2.24) is 14.5 Å². The van der Waals surface area contributed by atoms with Gasteiger partial charge in [0.05, 0.1) is 35.0 Å². The molecule has 1 saturated carbocycles. The van der Waals surface area contributed by atoms with E-state index in [0.29, 0.717) is 33.3 Å². The molecule has 0 radical (unpaired) electrons. The number of halogens is 2. The zero-order chi connectivity index (χ0) is 20.2. The second-order valence-corrected chi connectivity index (χ2v) is 7.82. The number of aromatic nitrogens is 3. The van der Waals surface area contributed by atoms with Crippen LogP contribution in [0.5, 0.6) is 0 Å². The Morgan fingerprint density at radius 3 is 2.86 bits per heavy atom. The first kappa shape index (κ1) is 18.4. The van der Waals surface area contributed by atoms with Crippen LogP contribution in [0.3, 0.4) is 0 Å². The third kappa shape index (κ3) is 2.88. The van der Waals surface area contributed by atoms with Crippen molar-refractivity contribution in [3.63, 3.8) is 0 Å². The topological polar surface area (TPSA) is 73.0 Å². The number of ether oxygens (including phenoxy) is 2. The third-order valence-electron chi connectivity index (χ3n) is 6.09. The summed E-state index contributed by atoms with van der Waals surface area (Å²) in [5.74, 6) is -2.30. The second-order valence-electron chi connectivity index (χ2n) is 7.82. The van der Waals surface area contributed by atoms with Crippen molar-refractivity contribution < 1.29 is 18.3 Å². The van der Waals surface area contributed by atoms with Crippen molar-refractivity contribution in [2.45, 2.75) is 43.2 Å². The highest BCUT2D eigenvalue weighted by molar-refractivity contribution is 6.03. The maximum Gasteiger partial charge on any atom is 0.291 e. The molecule has 0 spiro atoms. The van der Waals surface area contributed by atoms with Gasteiger partial charge < -0.3 is 14.0 Å². The van der Waals surface area contributed by atoms with E-state index in [-0.39, 0.29) is 25.0 Å². The van der Waals surface area contributed by atoms with Crippen molar-refractivity contribution in [3.8, 4) is 6.07 Å². The van der Waals surface area contributed by atoms with Gasteiger partial charge in [-0.2, -0.15) is 5.26 Å². The van der Waals surface area contributed by atoms with Gasteiger partial charge in [0.1, 0.15) is 24.0 Å². The Kier molecular flexibility index (Phi) is 4.26. The number of alkyl halides is 2. The lowest BCUT2D eigenvalue weighted by molar-refractivity contribution is -0.147. The van der Waals surface area contributed by atoms with Crippen LogP contribution in [0, 0.1) is 11.3 Å². The number of nitriles is 1. The number of nitrogens with zero attached hydrogens (tertiary/aromatic N) is 4. The molecular formula is C21H20F2N4O2. The number of hydrogen-bond acceptors (Lipinski definition) is 5. The summed E-state index contributed by atoms with van der Waals surface area (Å²) in [6.07, 6.45) is 3.47. The van der Waals surface area contributed by atoms with Crippen LogP contribution in [0.1, 0.15) is 42.6 Å². The van der Waals surface area contributed by atoms with Gasteiger partial charge in [0.15, 0.2) is 0 Å². The molecule has 1 saturated heterocycles. The average Bonchev–Trinajstić information content (AvgIpc) is 3.05. The largest absolute Gasteiger partial charge is 0.381 e. The predicted octanol–water partition coefficient (Wildman–Crippen LogP) is 3.95. The highest BCUT2D eigenvalue weighted by Gasteiger charge is 2.47. The number of hydrogen-bond donors (Lipinski definition) is 0. The van der Waals surface area contributed by atoms with Gasteiger partial charge in [-0.3, -0.25) is 4.98 Å². The summed E-state index contributed by atoms with van der Waals surface area (Å²) >= 11 is 0. The fourth-order valence-corrected chi connectivity index (χ4v) is 4.47. The molecule has 5 rings (SSSR count). The van der Waals surface area contributed by atoms with E-state index in [9.17, 15) is 14.0 Å². The highest BCUT2D eigenvalue weighted by Crippen LogP contribution is 2.45. The summed E-state index contributed by atoms with van der Waals surface area (Å²) in [7, 11) is 1.66. The molecule has 1 aliphatic heterocycles. The summed E-state index contributed by atoms with van der Waals surface area (Å²) in [5, 5.41) is 10.00. The van der Waals surface area contributed by atoms with Crippen molar-refractivity contribution in [2.24, 2.45) is 0 Å². The number of rotatable bonds is 3. The molecule has 2 aromatic heterocycles. The molecule has 0 amide bonds.